The molecule has 2 aromatic rings. The van der Waals surface area contributed by atoms with Crippen molar-refractivity contribution in [1.29, 1.82) is 0 Å². The van der Waals surface area contributed by atoms with Crippen LogP contribution >= 0.6 is 15.9 Å². The predicted molar refractivity (Wildman–Crippen MR) is 97.4 cm³/mol. The molecule has 0 aliphatic heterocycles. The second kappa shape index (κ2) is 8.15. The molecular weight excluding hydrogens is 359 g/mol. The highest BCUT2D eigenvalue weighted by atomic mass is 79.9. The molecule has 2 aromatic carbocycles. The van der Waals surface area contributed by atoms with E-state index in [0.717, 1.165) is 5.69 Å². The molecule has 0 amide bonds. The molecule has 0 unspecified atom stereocenters. The maximum absolute atomic E-state index is 9.56. The Morgan fingerprint density at radius 2 is 1.91 bits per heavy atom. The van der Waals surface area contributed by atoms with Crippen molar-refractivity contribution < 1.29 is 14.8 Å². The SMILES string of the molecule is CC(C)Oc1c(Br)cc(C=NNc2ccccc2)cc1B(O)O. The summed E-state index contributed by atoms with van der Waals surface area (Å²) in [5, 5.41) is 23.3. The van der Waals surface area contributed by atoms with Crippen LogP contribution in [0.25, 0.3) is 0 Å². The van der Waals surface area contributed by atoms with Crippen molar-refractivity contribution in [2.45, 2.75) is 20.0 Å². The molecular formula is C16H18BBrN2O3. The Bertz CT molecular complexity index is 679. The Hall–Kier alpha value is -1.83. The Balaban J connectivity index is 2.22. The van der Waals surface area contributed by atoms with Crippen LogP contribution in [-0.2, 0) is 0 Å². The van der Waals surface area contributed by atoms with E-state index in [0.29, 0.717) is 15.8 Å². The third-order valence-corrected chi connectivity index (χ3v) is 3.50. The van der Waals surface area contributed by atoms with Gasteiger partial charge in [0.05, 0.1) is 22.5 Å². The van der Waals surface area contributed by atoms with E-state index in [1.807, 2.05) is 44.2 Å². The molecule has 0 aliphatic rings. The van der Waals surface area contributed by atoms with Gasteiger partial charge in [0, 0.05) is 5.46 Å². The summed E-state index contributed by atoms with van der Waals surface area (Å²) in [6.45, 7) is 3.75. The zero-order valence-electron chi connectivity index (χ0n) is 12.9. The molecule has 0 fully saturated rings. The molecule has 0 saturated carbocycles. The van der Waals surface area contributed by atoms with E-state index < -0.39 is 7.12 Å². The van der Waals surface area contributed by atoms with E-state index in [-0.39, 0.29) is 11.6 Å². The van der Waals surface area contributed by atoms with Gasteiger partial charge in [0.25, 0.3) is 0 Å². The number of benzene rings is 2. The number of hydrazone groups is 1. The fourth-order valence-electron chi connectivity index (χ4n) is 1.96. The molecule has 5 nitrogen and oxygen atoms in total. The van der Waals surface area contributed by atoms with E-state index in [2.05, 4.69) is 26.5 Å². The van der Waals surface area contributed by atoms with Crippen molar-refractivity contribution in [2.75, 3.05) is 5.43 Å². The van der Waals surface area contributed by atoms with Gasteiger partial charge in [-0.2, -0.15) is 5.10 Å². The number of halogens is 1. The number of nitrogens with one attached hydrogen (secondary N) is 1. The van der Waals surface area contributed by atoms with Gasteiger partial charge < -0.3 is 14.8 Å². The third kappa shape index (κ3) is 5.09. The van der Waals surface area contributed by atoms with Gasteiger partial charge in [-0.25, -0.2) is 0 Å². The van der Waals surface area contributed by atoms with Crippen molar-refractivity contribution in [3.63, 3.8) is 0 Å². The largest absolute Gasteiger partial charge is 0.492 e. The fraction of sp³-hybridized carbons (Fsp3) is 0.188. The average molecular weight is 377 g/mol. The summed E-state index contributed by atoms with van der Waals surface area (Å²) in [4.78, 5) is 0. The number of ether oxygens (including phenoxy) is 1. The smallest absolute Gasteiger partial charge is 0.490 e. The van der Waals surface area contributed by atoms with Crippen molar-refractivity contribution in [2.24, 2.45) is 5.10 Å². The Kier molecular flexibility index (Phi) is 6.21. The quantitative estimate of drug-likeness (QED) is 0.411. The summed E-state index contributed by atoms with van der Waals surface area (Å²) in [7, 11) is -1.63. The van der Waals surface area contributed by atoms with Gasteiger partial charge in [0.1, 0.15) is 5.75 Å². The third-order valence-electron chi connectivity index (χ3n) is 2.91. The summed E-state index contributed by atoms with van der Waals surface area (Å²) >= 11 is 3.40. The summed E-state index contributed by atoms with van der Waals surface area (Å²) in [5.74, 6) is 0.420. The molecule has 0 aromatic heterocycles. The van der Waals surface area contributed by atoms with Crippen LogP contribution in [0.1, 0.15) is 19.4 Å². The maximum atomic E-state index is 9.56. The number of anilines is 1. The van der Waals surface area contributed by atoms with Crippen LogP contribution in [0, 0.1) is 0 Å². The van der Waals surface area contributed by atoms with Crippen molar-refractivity contribution >= 4 is 40.4 Å². The second-order valence-electron chi connectivity index (χ2n) is 5.20. The highest BCUT2D eigenvalue weighted by molar-refractivity contribution is 9.10. The molecule has 0 spiro atoms. The normalized spacial score (nSPS) is 11.0. The number of hydrogen-bond donors (Lipinski definition) is 3. The molecule has 2 rings (SSSR count). The van der Waals surface area contributed by atoms with E-state index >= 15 is 0 Å². The summed E-state index contributed by atoms with van der Waals surface area (Å²) in [6, 6.07) is 13.0. The van der Waals surface area contributed by atoms with Gasteiger partial charge in [0.15, 0.2) is 0 Å². The van der Waals surface area contributed by atoms with E-state index in [1.165, 1.54) is 0 Å². The molecule has 0 saturated heterocycles. The van der Waals surface area contributed by atoms with Crippen molar-refractivity contribution in [3.8, 4) is 5.75 Å². The van der Waals surface area contributed by atoms with Crippen LogP contribution in [0.4, 0.5) is 5.69 Å². The van der Waals surface area contributed by atoms with Gasteiger partial charge in [-0.15, -0.1) is 0 Å². The van der Waals surface area contributed by atoms with Gasteiger partial charge in [-0.05, 0) is 59.6 Å². The first-order chi connectivity index (χ1) is 11.0. The fourth-order valence-corrected chi connectivity index (χ4v) is 2.54. The van der Waals surface area contributed by atoms with Crippen LogP contribution < -0.4 is 15.6 Å². The first-order valence-electron chi connectivity index (χ1n) is 7.17. The molecule has 3 N–H and O–H groups in total. The lowest BCUT2D eigenvalue weighted by molar-refractivity contribution is 0.242. The minimum atomic E-state index is -1.63. The average Bonchev–Trinajstić information content (AvgIpc) is 2.50. The van der Waals surface area contributed by atoms with Crippen molar-refractivity contribution in [3.05, 3.63) is 52.5 Å². The topological polar surface area (TPSA) is 74.1 Å². The Labute approximate surface area is 144 Å². The molecule has 0 bridgehead atoms. The van der Waals surface area contributed by atoms with E-state index in [1.54, 1.807) is 18.3 Å². The summed E-state index contributed by atoms with van der Waals surface area (Å²) < 4.78 is 6.28. The lowest BCUT2D eigenvalue weighted by Gasteiger charge is -2.16. The van der Waals surface area contributed by atoms with Gasteiger partial charge in [-0.1, -0.05) is 18.2 Å². The van der Waals surface area contributed by atoms with Crippen molar-refractivity contribution in [1.82, 2.24) is 0 Å². The van der Waals surface area contributed by atoms with E-state index in [4.69, 9.17) is 4.74 Å². The molecule has 120 valence electrons. The zero-order chi connectivity index (χ0) is 16.8. The number of para-hydroxylation sites is 1. The molecule has 7 heteroatoms. The lowest BCUT2D eigenvalue weighted by atomic mass is 9.78. The molecule has 0 heterocycles. The van der Waals surface area contributed by atoms with Crippen LogP contribution in [0.5, 0.6) is 5.75 Å². The standard InChI is InChI=1S/C16H18BBrN2O3/c1-11(2)23-16-14(17(21)22)8-12(9-15(16)18)10-19-20-13-6-4-3-5-7-13/h3-11,20-22H,1-2H3. The first-order valence-corrected chi connectivity index (χ1v) is 7.97. The zero-order valence-corrected chi connectivity index (χ0v) is 14.5. The maximum Gasteiger partial charge on any atom is 0.492 e. The van der Waals surface area contributed by atoms with Gasteiger partial charge >= 0.3 is 7.12 Å². The minimum absolute atomic E-state index is 0.0805. The Morgan fingerprint density at radius 1 is 1.22 bits per heavy atom. The van der Waals surface area contributed by atoms with Crippen LogP contribution in [0.2, 0.25) is 0 Å². The second-order valence-corrected chi connectivity index (χ2v) is 6.05. The molecule has 0 aliphatic carbocycles. The molecule has 0 radical (unpaired) electrons. The number of nitrogens with zero attached hydrogens (tertiary/aromatic N) is 1. The highest BCUT2D eigenvalue weighted by Crippen LogP contribution is 2.25. The molecule has 0 atom stereocenters. The van der Waals surface area contributed by atoms with Gasteiger partial charge in [-0.3, -0.25) is 5.43 Å². The van der Waals surface area contributed by atoms with Crippen LogP contribution in [-0.4, -0.2) is 29.5 Å². The Morgan fingerprint density at radius 3 is 2.52 bits per heavy atom. The van der Waals surface area contributed by atoms with Crippen LogP contribution in [0.3, 0.4) is 0 Å². The van der Waals surface area contributed by atoms with E-state index in [9.17, 15) is 10.0 Å². The first kappa shape index (κ1) is 17.5. The van der Waals surface area contributed by atoms with Crippen LogP contribution in [0.15, 0.2) is 52.0 Å². The molecule has 23 heavy (non-hydrogen) atoms. The summed E-state index contributed by atoms with van der Waals surface area (Å²) in [5.41, 5.74) is 4.77. The number of hydrogen-bond acceptors (Lipinski definition) is 5. The summed E-state index contributed by atoms with van der Waals surface area (Å²) in [6.07, 6.45) is 1.52. The monoisotopic (exact) mass is 376 g/mol. The predicted octanol–water partition coefficient (Wildman–Crippen LogP) is 2.36. The minimum Gasteiger partial charge on any atom is -0.490 e. The number of rotatable bonds is 6. The van der Waals surface area contributed by atoms with Gasteiger partial charge in [0.2, 0.25) is 0 Å². The highest BCUT2D eigenvalue weighted by Gasteiger charge is 2.21. The lowest BCUT2D eigenvalue weighted by Crippen LogP contribution is -2.33.